The van der Waals surface area contributed by atoms with E-state index in [0.717, 1.165) is 23.5 Å². The van der Waals surface area contributed by atoms with Gasteiger partial charge >= 0.3 is 0 Å². The van der Waals surface area contributed by atoms with E-state index in [-0.39, 0.29) is 6.61 Å². The maximum atomic E-state index is 11.9. The first-order chi connectivity index (χ1) is 8.60. The summed E-state index contributed by atoms with van der Waals surface area (Å²) >= 11 is 2.98. The van der Waals surface area contributed by atoms with Crippen molar-refractivity contribution in [2.75, 3.05) is 25.2 Å². The molecule has 0 radical (unpaired) electrons. The largest absolute Gasteiger partial charge is 0.396 e. The van der Waals surface area contributed by atoms with Gasteiger partial charge in [-0.05, 0) is 37.0 Å². The van der Waals surface area contributed by atoms with Crippen LogP contribution in [0.3, 0.4) is 0 Å². The highest BCUT2D eigenvalue weighted by Crippen LogP contribution is 2.21. The van der Waals surface area contributed by atoms with Crippen molar-refractivity contribution in [3.05, 3.63) is 17.0 Å². The Bertz CT molecular complexity index is 442. The molecule has 0 atom stereocenters. The van der Waals surface area contributed by atoms with Gasteiger partial charge in [0.05, 0.1) is 0 Å². The number of thiophene rings is 1. The first kappa shape index (κ1) is 16.0. The first-order valence-electron chi connectivity index (χ1n) is 5.78. The van der Waals surface area contributed by atoms with Crippen LogP contribution in [0, 0.1) is 0 Å². The van der Waals surface area contributed by atoms with E-state index in [2.05, 4.69) is 4.72 Å². The van der Waals surface area contributed by atoms with Crippen molar-refractivity contribution in [1.82, 2.24) is 4.72 Å². The minimum Gasteiger partial charge on any atom is -0.396 e. The Kier molecular flexibility index (Phi) is 7.25. The van der Waals surface area contributed by atoms with Crippen LogP contribution in [0.25, 0.3) is 0 Å². The van der Waals surface area contributed by atoms with E-state index >= 15 is 0 Å². The molecule has 7 heteroatoms. The summed E-state index contributed by atoms with van der Waals surface area (Å²) in [5.41, 5.74) is 0. The standard InChI is InChI=1S/C11H19NO3S3/c1-16-9-3-2-7-12-18(14,15)11-5-4-10(17-11)6-8-13/h4-5,12-13H,2-3,6-9H2,1H3. The zero-order valence-electron chi connectivity index (χ0n) is 10.4. The molecule has 0 fully saturated rings. The van der Waals surface area contributed by atoms with E-state index in [0.29, 0.717) is 17.2 Å². The van der Waals surface area contributed by atoms with Gasteiger partial charge in [-0.25, -0.2) is 13.1 Å². The second-order valence-corrected chi connectivity index (χ2v) is 7.94. The third-order valence-electron chi connectivity index (χ3n) is 2.33. The summed E-state index contributed by atoms with van der Waals surface area (Å²) in [6, 6.07) is 3.35. The minimum absolute atomic E-state index is 0.0438. The molecular weight excluding hydrogens is 290 g/mol. The lowest BCUT2D eigenvalue weighted by Gasteiger charge is -2.04. The molecule has 18 heavy (non-hydrogen) atoms. The molecule has 2 N–H and O–H groups in total. The zero-order chi connectivity index (χ0) is 13.4. The molecular formula is C11H19NO3S3. The van der Waals surface area contributed by atoms with E-state index in [1.807, 2.05) is 6.26 Å². The molecule has 1 heterocycles. The summed E-state index contributed by atoms with van der Waals surface area (Å²) in [7, 11) is -3.36. The van der Waals surface area contributed by atoms with Crippen LogP contribution in [-0.4, -0.2) is 38.7 Å². The molecule has 0 spiro atoms. The van der Waals surface area contributed by atoms with Crippen molar-refractivity contribution in [3.8, 4) is 0 Å². The molecule has 1 aromatic heterocycles. The van der Waals surface area contributed by atoms with Crippen LogP contribution in [0.4, 0.5) is 0 Å². The predicted octanol–water partition coefficient (Wildman–Crippen LogP) is 1.70. The highest BCUT2D eigenvalue weighted by molar-refractivity contribution is 7.98. The number of hydrogen-bond donors (Lipinski definition) is 2. The second kappa shape index (κ2) is 8.16. The van der Waals surface area contributed by atoms with Gasteiger partial charge in [-0.2, -0.15) is 11.8 Å². The summed E-state index contributed by atoms with van der Waals surface area (Å²) < 4.78 is 26.8. The SMILES string of the molecule is CSCCCCNS(=O)(=O)c1ccc(CCO)s1. The fraction of sp³-hybridized carbons (Fsp3) is 0.636. The van der Waals surface area contributed by atoms with Crippen molar-refractivity contribution in [3.63, 3.8) is 0 Å². The highest BCUT2D eigenvalue weighted by atomic mass is 32.2. The average Bonchev–Trinajstić information content (AvgIpc) is 2.79. The quantitative estimate of drug-likeness (QED) is 0.682. The van der Waals surface area contributed by atoms with Crippen molar-refractivity contribution < 1.29 is 13.5 Å². The van der Waals surface area contributed by atoms with Crippen molar-refractivity contribution in [2.45, 2.75) is 23.5 Å². The Morgan fingerprint density at radius 1 is 1.39 bits per heavy atom. The van der Waals surface area contributed by atoms with Crippen LogP contribution in [0.5, 0.6) is 0 Å². The summed E-state index contributed by atoms with van der Waals surface area (Å²) in [6.07, 6.45) is 4.42. The Morgan fingerprint density at radius 2 is 2.17 bits per heavy atom. The van der Waals surface area contributed by atoms with Gasteiger partial charge in [0, 0.05) is 24.4 Å². The molecule has 4 nitrogen and oxygen atoms in total. The third-order valence-corrected chi connectivity index (χ3v) is 6.12. The normalized spacial score (nSPS) is 11.9. The van der Waals surface area contributed by atoms with Crippen molar-refractivity contribution >= 4 is 33.1 Å². The average molecular weight is 309 g/mol. The van der Waals surface area contributed by atoms with Gasteiger partial charge in [-0.3, -0.25) is 0 Å². The smallest absolute Gasteiger partial charge is 0.250 e. The van der Waals surface area contributed by atoms with E-state index < -0.39 is 10.0 Å². The molecule has 0 aliphatic rings. The molecule has 104 valence electrons. The maximum Gasteiger partial charge on any atom is 0.250 e. The van der Waals surface area contributed by atoms with Crippen LogP contribution >= 0.6 is 23.1 Å². The number of aliphatic hydroxyl groups excluding tert-OH is 1. The fourth-order valence-electron chi connectivity index (χ4n) is 1.40. The molecule has 0 unspecified atom stereocenters. The van der Waals surface area contributed by atoms with Gasteiger partial charge in [0.25, 0.3) is 0 Å². The summed E-state index contributed by atoms with van der Waals surface area (Å²) in [5.74, 6) is 1.06. The number of aliphatic hydroxyl groups is 1. The van der Waals surface area contributed by atoms with Gasteiger partial charge in [0.15, 0.2) is 0 Å². The number of hydrogen-bond acceptors (Lipinski definition) is 5. The Hall–Kier alpha value is -0.0800. The fourth-order valence-corrected chi connectivity index (χ4v) is 4.35. The van der Waals surface area contributed by atoms with Crippen LogP contribution in [0.2, 0.25) is 0 Å². The first-order valence-corrected chi connectivity index (χ1v) is 9.47. The lowest BCUT2D eigenvalue weighted by atomic mass is 10.3. The van der Waals surface area contributed by atoms with Crippen LogP contribution < -0.4 is 4.72 Å². The van der Waals surface area contributed by atoms with Gasteiger partial charge in [0.2, 0.25) is 10.0 Å². The Balaban J connectivity index is 2.46. The Labute approximate surface area is 117 Å². The van der Waals surface area contributed by atoms with Crippen molar-refractivity contribution in [2.24, 2.45) is 0 Å². The monoisotopic (exact) mass is 309 g/mol. The molecule has 1 aromatic rings. The Morgan fingerprint density at radius 3 is 2.83 bits per heavy atom. The lowest BCUT2D eigenvalue weighted by Crippen LogP contribution is -2.24. The van der Waals surface area contributed by atoms with Gasteiger partial charge < -0.3 is 5.11 Å². The van der Waals surface area contributed by atoms with E-state index in [1.54, 1.807) is 23.9 Å². The number of rotatable bonds is 9. The number of thioether (sulfide) groups is 1. The molecule has 0 aliphatic heterocycles. The van der Waals surface area contributed by atoms with Crippen LogP contribution in [-0.2, 0) is 16.4 Å². The molecule has 0 bridgehead atoms. The molecule has 0 saturated heterocycles. The highest BCUT2D eigenvalue weighted by Gasteiger charge is 2.15. The maximum absolute atomic E-state index is 11.9. The topological polar surface area (TPSA) is 66.4 Å². The molecule has 0 amide bonds. The van der Waals surface area contributed by atoms with Crippen LogP contribution in [0.1, 0.15) is 17.7 Å². The number of nitrogens with one attached hydrogen (secondary N) is 1. The number of sulfonamides is 1. The van der Waals surface area contributed by atoms with E-state index in [4.69, 9.17) is 5.11 Å². The minimum atomic E-state index is -3.36. The molecule has 0 aromatic carbocycles. The predicted molar refractivity (Wildman–Crippen MR) is 77.9 cm³/mol. The summed E-state index contributed by atoms with van der Waals surface area (Å²) in [4.78, 5) is 0.889. The second-order valence-electron chi connectivity index (χ2n) is 3.79. The molecule has 0 aliphatic carbocycles. The van der Waals surface area contributed by atoms with E-state index in [9.17, 15) is 8.42 Å². The molecule has 0 saturated carbocycles. The van der Waals surface area contributed by atoms with Gasteiger partial charge in [-0.1, -0.05) is 0 Å². The lowest BCUT2D eigenvalue weighted by molar-refractivity contribution is 0.300. The number of unbranched alkanes of at least 4 members (excludes halogenated alkanes) is 1. The zero-order valence-corrected chi connectivity index (χ0v) is 12.8. The third kappa shape index (κ3) is 5.27. The van der Waals surface area contributed by atoms with E-state index in [1.165, 1.54) is 11.3 Å². The summed E-state index contributed by atoms with van der Waals surface area (Å²) in [6.45, 7) is 0.526. The molecule has 1 rings (SSSR count). The summed E-state index contributed by atoms with van der Waals surface area (Å²) in [5, 5.41) is 8.80. The van der Waals surface area contributed by atoms with Crippen molar-refractivity contribution in [1.29, 1.82) is 0 Å². The van der Waals surface area contributed by atoms with Crippen LogP contribution in [0.15, 0.2) is 16.3 Å². The van der Waals surface area contributed by atoms with Gasteiger partial charge in [0.1, 0.15) is 4.21 Å². The van der Waals surface area contributed by atoms with Gasteiger partial charge in [-0.15, -0.1) is 11.3 Å².